The van der Waals surface area contributed by atoms with Gasteiger partial charge in [-0.15, -0.1) is 0 Å². The lowest BCUT2D eigenvalue weighted by Crippen LogP contribution is -2.25. The lowest BCUT2D eigenvalue weighted by Gasteiger charge is -2.31. The first kappa shape index (κ1) is 17.3. The molecule has 1 aliphatic heterocycles. The molecule has 0 amide bonds. The molecule has 21 heavy (non-hydrogen) atoms. The maximum Gasteiger partial charge on any atom is 0.0610 e. The molecule has 2 fully saturated rings. The number of rotatable bonds is 6. The van der Waals surface area contributed by atoms with Gasteiger partial charge in [-0.3, -0.25) is 0 Å². The van der Waals surface area contributed by atoms with Crippen LogP contribution in [0, 0.1) is 23.2 Å². The Morgan fingerprint density at radius 2 is 1.71 bits per heavy atom. The zero-order chi connectivity index (χ0) is 15.5. The Bertz CT molecular complexity index is 301. The van der Waals surface area contributed by atoms with Crippen LogP contribution in [0.4, 0.5) is 0 Å². The molecule has 0 aromatic heterocycles. The Hall–Kier alpha value is -0.0400. The van der Waals surface area contributed by atoms with Crippen molar-refractivity contribution in [1.29, 1.82) is 0 Å². The highest BCUT2D eigenvalue weighted by Crippen LogP contribution is 2.43. The van der Waals surface area contributed by atoms with Crippen LogP contribution in [0.5, 0.6) is 0 Å². The summed E-state index contributed by atoms with van der Waals surface area (Å²) in [6.07, 6.45) is 13.5. The highest BCUT2D eigenvalue weighted by atomic mass is 16.5. The van der Waals surface area contributed by atoms with Gasteiger partial charge in [0.2, 0.25) is 0 Å². The van der Waals surface area contributed by atoms with E-state index in [1.807, 2.05) is 0 Å². The lowest BCUT2D eigenvalue weighted by atomic mass is 9.74. The van der Waals surface area contributed by atoms with Gasteiger partial charge in [0.25, 0.3) is 0 Å². The minimum Gasteiger partial charge on any atom is -0.375 e. The molecule has 1 saturated carbocycles. The van der Waals surface area contributed by atoms with Crippen LogP contribution in [0.25, 0.3) is 0 Å². The van der Waals surface area contributed by atoms with E-state index in [-0.39, 0.29) is 0 Å². The second-order valence-electron chi connectivity index (χ2n) is 8.68. The maximum atomic E-state index is 6.41. The molecule has 2 aliphatic rings. The van der Waals surface area contributed by atoms with Crippen molar-refractivity contribution in [2.45, 2.75) is 105 Å². The molecule has 2 rings (SSSR count). The summed E-state index contributed by atoms with van der Waals surface area (Å²) in [4.78, 5) is 0. The standard InChI is InChI=1S/C20H38O/c1-6-12-20(4,5)14-18-13-19(21-15(18)3)17-10-8-16(7-2)9-11-17/h15-19H,6-14H2,1-5H3/t15?,16?,17?,18?,19-/m1/s1. The fraction of sp³-hybridized carbons (Fsp3) is 1.00. The van der Waals surface area contributed by atoms with E-state index >= 15 is 0 Å². The molecule has 1 nitrogen and oxygen atoms in total. The highest BCUT2D eigenvalue weighted by Gasteiger charge is 2.39. The fourth-order valence-corrected chi connectivity index (χ4v) is 4.94. The van der Waals surface area contributed by atoms with Crippen LogP contribution in [0.2, 0.25) is 0 Å². The van der Waals surface area contributed by atoms with E-state index in [0.29, 0.717) is 17.6 Å². The average Bonchev–Trinajstić information content (AvgIpc) is 2.79. The Kier molecular flexibility index (Phi) is 6.17. The summed E-state index contributed by atoms with van der Waals surface area (Å²) >= 11 is 0. The van der Waals surface area contributed by atoms with E-state index in [9.17, 15) is 0 Å². The van der Waals surface area contributed by atoms with Gasteiger partial charge in [0.05, 0.1) is 12.2 Å². The molecule has 3 atom stereocenters. The van der Waals surface area contributed by atoms with Crippen molar-refractivity contribution in [2.75, 3.05) is 0 Å². The zero-order valence-electron chi connectivity index (χ0n) is 15.2. The summed E-state index contributed by atoms with van der Waals surface area (Å²) < 4.78 is 6.41. The molecule has 1 heteroatoms. The Morgan fingerprint density at radius 3 is 2.29 bits per heavy atom. The van der Waals surface area contributed by atoms with E-state index < -0.39 is 0 Å². The van der Waals surface area contributed by atoms with E-state index in [1.54, 1.807) is 0 Å². The predicted octanol–water partition coefficient (Wildman–Crippen LogP) is 6.21. The second kappa shape index (κ2) is 7.49. The normalized spacial score (nSPS) is 37.9. The first-order valence-electron chi connectivity index (χ1n) is 9.60. The molecule has 0 radical (unpaired) electrons. The van der Waals surface area contributed by atoms with Crippen molar-refractivity contribution in [3.63, 3.8) is 0 Å². The number of hydrogen-bond donors (Lipinski definition) is 0. The van der Waals surface area contributed by atoms with Crippen LogP contribution in [0.3, 0.4) is 0 Å². The molecule has 2 unspecified atom stereocenters. The Balaban J connectivity index is 1.83. The van der Waals surface area contributed by atoms with Gasteiger partial charge < -0.3 is 4.74 Å². The van der Waals surface area contributed by atoms with Crippen molar-refractivity contribution in [2.24, 2.45) is 23.2 Å². The minimum absolute atomic E-state index is 0.482. The van der Waals surface area contributed by atoms with Gasteiger partial charge in [0.1, 0.15) is 0 Å². The van der Waals surface area contributed by atoms with Gasteiger partial charge in [0.15, 0.2) is 0 Å². The fourth-order valence-electron chi connectivity index (χ4n) is 4.94. The predicted molar refractivity (Wildman–Crippen MR) is 91.5 cm³/mol. The first-order chi connectivity index (χ1) is 9.95. The molecule has 124 valence electrons. The van der Waals surface area contributed by atoms with Crippen LogP contribution in [0.15, 0.2) is 0 Å². The van der Waals surface area contributed by atoms with Crippen LogP contribution >= 0.6 is 0 Å². The molecule has 0 N–H and O–H groups in total. The molecule has 0 bridgehead atoms. The zero-order valence-corrected chi connectivity index (χ0v) is 15.2. The SMILES string of the molecule is CCCC(C)(C)CC1C[C@H](C2CCC(CC)CC2)OC1C. The third-order valence-electron chi connectivity index (χ3n) is 6.32. The molecule has 0 aromatic carbocycles. The summed E-state index contributed by atoms with van der Waals surface area (Å²) in [5.74, 6) is 2.65. The third-order valence-corrected chi connectivity index (χ3v) is 6.32. The smallest absolute Gasteiger partial charge is 0.0610 e. The molecule has 1 heterocycles. The van der Waals surface area contributed by atoms with Gasteiger partial charge in [-0.25, -0.2) is 0 Å². The summed E-state index contributed by atoms with van der Waals surface area (Å²) in [5.41, 5.74) is 0.492. The van der Waals surface area contributed by atoms with E-state index in [0.717, 1.165) is 17.8 Å². The van der Waals surface area contributed by atoms with Crippen molar-refractivity contribution in [3.8, 4) is 0 Å². The minimum atomic E-state index is 0.482. The summed E-state index contributed by atoms with van der Waals surface area (Å²) in [5, 5.41) is 0. The van der Waals surface area contributed by atoms with Gasteiger partial charge >= 0.3 is 0 Å². The van der Waals surface area contributed by atoms with Gasteiger partial charge in [-0.1, -0.05) is 53.4 Å². The van der Waals surface area contributed by atoms with Crippen LogP contribution in [0.1, 0.15) is 92.4 Å². The van der Waals surface area contributed by atoms with Gasteiger partial charge in [-0.2, -0.15) is 0 Å². The van der Waals surface area contributed by atoms with Crippen molar-refractivity contribution >= 4 is 0 Å². The Labute approximate surface area is 133 Å². The van der Waals surface area contributed by atoms with Crippen molar-refractivity contribution < 1.29 is 4.74 Å². The van der Waals surface area contributed by atoms with Gasteiger partial charge in [0, 0.05) is 0 Å². The van der Waals surface area contributed by atoms with Gasteiger partial charge in [-0.05, 0) is 62.2 Å². The summed E-state index contributed by atoms with van der Waals surface area (Å²) in [6, 6.07) is 0. The van der Waals surface area contributed by atoms with E-state index in [1.165, 1.54) is 57.8 Å². The number of ether oxygens (including phenoxy) is 1. The molecule has 1 aliphatic carbocycles. The van der Waals surface area contributed by atoms with Crippen LogP contribution < -0.4 is 0 Å². The topological polar surface area (TPSA) is 9.23 Å². The van der Waals surface area contributed by atoms with E-state index in [4.69, 9.17) is 4.74 Å². The third kappa shape index (κ3) is 4.71. The summed E-state index contributed by atoms with van der Waals surface area (Å²) in [6.45, 7) is 11.9. The largest absolute Gasteiger partial charge is 0.375 e. The molecular weight excluding hydrogens is 256 g/mol. The number of hydrogen-bond acceptors (Lipinski definition) is 1. The maximum absolute atomic E-state index is 6.41. The molecule has 0 aromatic rings. The van der Waals surface area contributed by atoms with Crippen LogP contribution in [-0.2, 0) is 4.74 Å². The Morgan fingerprint density at radius 1 is 1.05 bits per heavy atom. The highest BCUT2D eigenvalue weighted by molar-refractivity contribution is 4.89. The van der Waals surface area contributed by atoms with E-state index in [2.05, 4.69) is 34.6 Å². The van der Waals surface area contributed by atoms with Crippen molar-refractivity contribution in [1.82, 2.24) is 0 Å². The second-order valence-corrected chi connectivity index (χ2v) is 8.68. The average molecular weight is 295 g/mol. The monoisotopic (exact) mass is 294 g/mol. The van der Waals surface area contributed by atoms with Crippen molar-refractivity contribution in [3.05, 3.63) is 0 Å². The molecule has 0 spiro atoms. The summed E-state index contributed by atoms with van der Waals surface area (Å²) in [7, 11) is 0. The quantitative estimate of drug-likeness (QED) is 0.565. The molecular formula is C20H38O. The van der Waals surface area contributed by atoms with Crippen LogP contribution in [-0.4, -0.2) is 12.2 Å². The lowest BCUT2D eigenvalue weighted by molar-refractivity contribution is -0.00379. The first-order valence-corrected chi connectivity index (χ1v) is 9.60. The molecule has 1 saturated heterocycles.